The van der Waals surface area contributed by atoms with Gasteiger partial charge in [0.05, 0.1) is 23.7 Å². The third-order valence-electron chi connectivity index (χ3n) is 4.40. The molecule has 0 saturated heterocycles. The smallest absolute Gasteiger partial charge is 0.231 e. The number of rotatable bonds is 3. The van der Waals surface area contributed by atoms with E-state index in [1.54, 1.807) is 4.68 Å². The van der Waals surface area contributed by atoms with E-state index in [0.29, 0.717) is 17.6 Å². The molecule has 0 radical (unpaired) electrons. The van der Waals surface area contributed by atoms with Crippen LogP contribution in [0.3, 0.4) is 0 Å². The lowest BCUT2D eigenvalue weighted by atomic mass is 10.00. The van der Waals surface area contributed by atoms with Crippen LogP contribution in [0.25, 0.3) is 11.4 Å². The SMILES string of the molecule is Cc1nc2n(n1)CC(c1nc(-c3cn(C)nc3C(C)C)no1)CC2. The van der Waals surface area contributed by atoms with Crippen LogP contribution in [0, 0.1) is 6.92 Å². The molecule has 0 amide bonds. The molecule has 3 aromatic heterocycles. The zero-order valence-corrected chi connectivity index (χ0v) is 14.4. The Morgan fingerprint density at radius 3 is 2.88 bits per heavy atom. The second-order valence-electron chi connectivity index (χ2n) is 6.71. The van der Waals surface area contributed by atoms with E-state index in [9.17, 15) is 0 Å². The van der Waals surface area contributed by atoms with Crippen molar-refractivity contribution in [1.82, 2.24) is 34.7 Å². The Morgan fingerprint density at radius 1 is 1.25 bits per heavy atom. The van der Waals surface area contributed by atoms with Crippen LogP contribution in [-0.4, -0.2) is 34.7 Å². The molecular weight excluding hydrogens is 306 g/mol. The summed E-state index contributed by atoms with van der Waals surface area (Å²) < 4.78 is 9.32. The maximum Gasteiger partial charge on any atom is 0.231 e. The van der Waals surface area contributed by atoms with Gasteiger partial charge < -0.3 is 4.52 Å². The third-order valence-corrected chi connectivity index (χ3v) is 4.40. The van der Waals surface area contributed by atoms with Crippen molar-refractivity contribution < 1.29 is 4.52 Å². The molecule has 1 atom stereocenters. The number of fused-ring (bicyclic) bond motifs is 1. The molecule has 8 heteroatoms. The molecular formula is C16H21N7O. The summed E-state index contributed by atoms with van der Waals surface area (Å²) in [6.07, 6.45) is 3.78. The Labute approximate surface area is 139 Å². The number of aromatic nitrogens is 7. The second-order valence-corrected chi connectivity index (χ2v) is 6.71. The van der Waals surface area contributed by atoms with Crippen LogP contribution in [0.1, 0.15) is 55.3 Å². The van der Waals surface area contributed by atoms with Crippen molar-refractivity contribution in [3.63, 3.8) is 0 Å². The Bertz CT molecular complexity index is 873. The van der Waals surface area contributed by atoms with Gasteiger partial charge in [0, 0.05) is 19.7 Å². The highest BCUT2D eigenvalue weighted by molar-refractivity contribution is 5.57. The topological polar surface area (TPSA) is 87.5 Å². The van der Waals surface area contributed by atoms with Gasteiger partial charge in [0.15, 0.2) is 0 Å². The first-order valence-corrected chi connectivity index (χ1v) is 8.29. The summed E-state index contributed by atoms with van der Waals surface area (Å²) in [5.41, 5.74) is 1.93. The third kappa shape index (κ3) is 2.51. The highest BCUT2D eigenvalue weighted by atomic mass is 16.5. The zero-order chi connectivity index (χ0) is 16.8. The number of hydrogen-bond donors (Lipinski definition) is 0. The normalized spacial score (nSPS) is 17.5. The van der Waals surface area contributed by atoms with Crippen LogP contribution in [0.4, 0.5) is 0 Å². The summed E-state index contributed by atoms with van der Waals surface area (Å²) in [5, 5.41) is 13.1. The first kappa shape index (κ1) is 15.0. The van der Waals surface area contributed by atoms with E-state index >= 15 is 0 Å². The van der Waals surface area contributed by atoms with Crippen LogP contribution in [0.5, 0.6) is 0 Å². The maximum atomic E-state index is 5.56. The average Bonchev–Trinajstić information content (AvgIpc) is 3.22. The van der Waals surface area contributed by atoms with Crippen molar-refractivity contribution in [3.8, 4) is 11.4 Å². The minimum absolute atomic E-state index is 0.180. The van der Waals surface area contributed by atoms with Crippen LogP contribution in [-0.2, 0) is 20.0 Å². The largest absolute Gasteiger partial charge is 0.339 e. The fourth-order valence-corrected chi connectivity index (χ4v) is 3.25. The van der Waals surface area contributed by atoms with Crippen molar-refractivity contribution in [2.75, 3.05) is 0 Å². The van der Waals surface area contributed by atoms with Gasteiger partial charge in [-0.15, -0.1) is 0 Å². The predicted octanol–water partition coefficient (Wildman–Crippen LogP) is 2.22. The molecule has 0 bridgehead atoms. The van der Waals surface area contributed by atoms with E-state index in [1.807, 2.05) is 24.9 Å². The number of nitrogens with zero attached hydrogens (tertiary/aromatic N) is 7. The molecule has 4 heterocycles. The van der Waals surface area contributed by atoms with Crippen molar-refractivity contribution in [2.24, 2.45) is 7.05 Å². The second kappa shape index (κ2) is 5.54. The number of hydrogen-bond acceptors (Lipinski definition) is 6. The van der Waals surface area contributed by atoms with Gasteiger partial charge in [0.2, 0.25) is 11.7 Å². The lowest BCUT2D eigenvalue weighted by molar-refractivity contribution is 0.307. The summed E-state index contributed by atoms with van der Waals surface area (Å²) in [4.78, 5) is 9.09. The van der Waals surface area contributed by atoms with Crippen molar-refractivity contribution in [2.45, 2.75) is 52.0 Å². The van der Waals surface area contributed by atoms with Crippen LogP contribution >= 0.6 is 0 Å². The molecule has 0 fully saturated rings. The van der Waals surface area contributed by atoms with Gasteiger partial charge >= 0.3 is 0 Å². The molecule has 1 aliphatic rings. The Balaban J connectivity index is 1.62. The fraction of sp³-hybridized carbons (Fsp3) is 0.562. The lowest BCUT2D eigenvalue weighted by Crippen LogP contribution is -2.20. The van der Waals surface area contributed by atoms with Crippen LogP contribution in [0.2, 0.25) is 0 Å². The zero-order valence-electron chi connectivity index (χ0n) is 14.4. The Kier molecular flexibility index (Phi) is 3.47. The summed E-state index contributed by atoms with van der Waals surface area (Å²) in [5.74, 6) is 3.62. The van der Waals surface area contributed by atoms with Crippen LogP contribution < -0.4 is 0 Å². The summed E-state index contributed by atoms with van der Waals surface area (Å²) in [6, 6.07) is 0. The molecule has 1 aliphatic heterocycles. The molecule has 0 spiro atoms. The predicted molar refractivity (Wildman–Crippen MR) is 86.4 cm³/mol. The van der Waals surface area contributed by atoms with Gasteiger partial charge in [-0.25, -0.2) is 9.67 Å². The van der Waals surface area contributed by atoms with Gasteiger partial charge in [-0.05, 0) is 19.3 Å². The molecule has 0 aromatic carbocycles. The number of aryl methyl sites for hydroxylation is 3. The quantitative estimate of drug-likeness (QED) is 0.733. The van der Waals surface area contributed by atoms with Crippen LogP contribution in [0.15, 0.2) is 10.7 Å². The highest BCUT2D eigenvalue weighted by Crippen LogP contribution is 2.30. The fourth-order valence-electron chi connectivity index (χ4n) is 3.25. The molecule has 0 saturated carbocycles. The summed E-state index contributed by atoms with van der Waals surface area (Å²) >= 11 is 0. The minimum Gasteiger partial charge on any atom is -0.339 e. The minimum atomic E-state index is 0.180. The van der Waals surface area contributed by atoms with Crippen molar-refractivity contribution >= 4 is 0 Å². The monoisotopic (exact) mass is 327 g/mol. The van der Waals surface area contributed by atoms with Gasteiger partial charge in [-0.2, -0.15) is 15.2 Å². The van der Waals surface area contributed by atoms with Gasteiger partial charge in [0.1, 0.15) is 11.6 Å². The van der Waals surface area contributed by atoms with E-state index in [1.165, 1.54) is 0 Å². The summed E-state index contributed by atoms with van der Waals surface area (Å²) in [6.45, 7) is 6.88. The molecule has 8 nitrogen and oxygen atoms in total. The van der Waals surface area contributed by atoms with E-state index in [0.717, 1.165) is 42.3 Å². The van der Waals surface area contributed by atoms with Crippen molar-refractivity contribution in [3.05, 3.63) is 29.4 Å². The molecule has 1 unspecified atom stereocenters. The van der Waals surface area contributed by atoms with Gasteiger partial charge in [0.25, 0.3) is 0 Å². The molecule has 0 N–H and O–H groups in total. The van der Waals surface area contributed by atoms with E-state index in [4.69, 9.17) is 4.52 Å². The Morgan fingerprint density at radius 2 is 2.08 bits per heavy atom. The molecule has 24 heavy (non-hydrogen) atoms. The highest BCUT2D eigenvalue weighted by Gasteiger charge is 2.27. The Hall–Kier alpha value is -2.51. The van der Waals surface area contributed by atoms with Gasteiger partial charge in [-0.1, -0.05) is 19.0 Å². The maximum absolute atomic E-state index is 5.56. The average molecular weight is 327 g/mol. The summed E-state index contributed by atoms with van der Waals surface area (Å²) in [7, 11) is 1.91. The molecule has 126 valence electrons. The molecule has 4 rings (SSSR count). The van der Waals surface area contributed by atoms with Crippen molar-refractivity contribution in [1.29, 1.82) is 0 Å². The molecule has 0 aliphatic carbocycles. The first-order valence-electron chi connectivity index (χ1n) is 8.29. The molecule has 3 aromatic rings. The van der Waals surface area contributed by atoms with E-state index in [-0.39, 0.29) is 5.92 Å². The standard InChI is InChI=1S/C16H21N7O/c1-9(2)14-12(8-22(4)20-14)15-18-16(24-21-15)11-5-6-13-17-10(3)19-23(13)7-11/h8-9,11H,5-7H2,1-4H3. The lowest BCUT2D eigenvalue weighted by Gasteiger charge is -2.18. The first-order chi connectivity index (χ1) is 11.5. The van der Waals surface area contributed by atoms with E-state index in [2.05, 4.69) is 39.2 Å². The van der Waals surface area contributed by atoms with Gasteiger partial charge in [-0.3, -0.25) is 4.68 Å². The van der Waals surface area contributed by atoms with E-state index < -0.39 is 0 Å².